The summed E-state index contributed by atoms with van der Waals surface area (Å²) >= 11 is 3.31. The normalized spacial score (nSPS) is 17.1. The third-order valence-electron chi connectivity index (χ3n) is 6.12. The van der Waals surface area contributed by atoms with E-state index in [0.717, 1.165) is 21.0 Å². The summed E-state index contributed by atoms with van der Waals surface area (Å²) in [5, 5.41) is 8.51. The van der Waals surface area contributed by atoms with Crippen molar-refractivity contribution in [3.63, 3.8) is 0 Å². The van der Waals surface area contributed by atoms with E-state index >= 15 is 0 Å². The van der Waals surface area contributed by atoms with Crippen LogP contribution < -0.4 is 5.46 Å². The first-order valence-electron chi connectivity index (χ1n) is 10.2. The van der Waals surface area contributed by atoms with Crippen molar-refractivity contribution in [2.24, 2.45) is 14.1 Å². The van der Waals surface area contributed by atoms with Gasteiger partial charge in [-0.15, -0.1) is 10.2 Å². The van der Waals surface area contributed by atoms with Crippen LogP contribution in [-0.4, -0.2) is 37.9 Å². The predicted molar refractivity (Wildman–Crippen MR) is 125 cm³/mol. The van der Waals surface area contributed by atoms with Gasteiger partial charge in [0, 0.05) is 18.6 Å². The van der Waals surface area contributed by atoms with Crippen molar-refractivity contribution in [1.29, 1.82) is 0 Å². The summed E-state index contributed by atoms with van der Waals surface area (Å²) < 4.78 is 42.5. The molecule has 1 aliphatic heterocycles. The second-order valence-electron chi connectivity index (χ2n) is 8.86. The van der Waals surface area contributed by atoms with Crippen LogP contribution in [0.4, 0.5) is 8.78 Å². The zero-order valence-electron chi connectivity index (χ0n) is 18.8. The smallest absolute Gasteiger partial charge is 0.399 e. The van der Waals surface area contributed by atoms with Gasteiger partial charge in [0.05, 0.1) is 33.0 Å². The van der Waals surface area contributed by atoms with E-state index in [9.17, 15) is 8.78 Å². The number of aryl methyl sites for hydroxylation is 2. The first-order valence-corrected chi connectivity index (χ1v) is 10.9. The maximum absolute atomic E-state index is 13.6. The Labute approximate surface area is 193 Å². The Morgan fingerprint density at radius 1 is 0.812 bits per heavy atom. The monoisotopic (exact) mass is 504 g/mol. The number of benzene rings is 2. The Kier molecular flexibility index (Phi) is 5.67. The largest absolute Gasteiger partial charge is 0.494 e. The first kappa shape index (κ1) is 22.9. The van der Waals surface area contributed by atoms with Crippen LogP contribution in [0.3, 0.4) is 0 Å². The van der Waals surface area contributed by atoms with E-state index in [2.05, 4.69) is 26.1 Å². The summed E-state index contributed by atoms with van der Waals surface area (Å²) in [5.41, 5.74) is 1.63. The fraction of sp³-hybridized carbons (Fsp3) is 0.364. The minimum Gasteiger partial charge on any atom is -0.399 e. The van der Waals surface area contributed by atoms with Crippen LogP contribution in [0.25, 0.3) is 21.8 Å². The Hall–Kier alpha value is -2.30. The highest BCUT2D eigenvalue weighted by atomic mass is 79.9. The second-order valence-corrected chi connectivity index (χ2v) is 9.77. The van der Waals surface area contributed by atoms with E-state index in [1.165, 1.54) is 9.36 Å². The minimum absolute atomic E-state index is 0.385. The molecule has 10 heteroatoms. The molecule has 3 heterocycles. The fourth-order valence-corrected chi connectivity index (χ4v) is 3.89. The lowest BCUT2D eigenvalue weighted by Crippen LogP contribution is -2.41. The Balaban J connectivity index is 0.000000174. The van der Waals surface area contributed by atoms with E-state index in [1.54, 1.807) is 32.3 Å². The summed E-state index contributed by atoms with van der Waals surface area (Å²) in [5.74, 6) is -0.872. The highest BCUT2D eigenvalue weighted by molar-refractivity contribution is 9.10. The summed E-state index contributed by atoms with van der Waals surface area (Å²) in [6, 6.07) is 10.8. The van der Waals surface area contributed by atoms with Crippen molar-refractivity contribution >= 4 is 50.3 Å². The van der Waals surface area contributed by atoms with Crippen LogP contribution in [0, 0.1) is 11.9 Å². The maximum atomic E-state index is 13.6. The van der Waals surface area contributed by atoms with E-state index in [1.807, 2.05) is 45.9 Å². The SMILES string of the molecule is Cn1nc(F)c2ccc(B3OC(C)(C)C(C)(C)O3)cc21.Cn1nc(F)c2ccc(Br)cc21. The quantitative estimate of drug-likeness (QED) is 0.358. The molecule has 6 nitrogen and oxygen atoms in total. The van der Waals surface area contributed by atoms with Crippen LogP contribution >= 0.6 is 15.9 Å². The lowest BCUT2D eigenvalue weighted by molar-refractivity contribution is 0.00578. The van der Waals surface area contributed by atoms with Crippen LogP contribution in [0.5, 0.6) is 0 Å². The average Bonchev–Trinajstić information content (AvgIpc) is 3.24. The molecule has 4 aromatic rings. The van der Waals surface area contributed by atoms with Gasteiger partial charge in [-0.05, 0) is 63.5 Å². The van der Waals surface area contributed by atoms with E-state index < -0.39 is 19.0 Å². The lowest BCUT2D eigenvalue weighted by atomic mass is 9.79. The molecule has 0 amide bonds. The molecule has 5 rings (SSSR count). The third-order valence-corrected chi connectivity index (χ3v) is 6.62. The van der Waals surface area contributed by atoms with Gasteiger partial charge in [-0.2, -0.15) is 8.78 Å². The van der Waals surface area contributed by atoms with Crippen LogP contribution in [0.1, 0.15) is 27.7 Å². The molecule has 168 valence electrons. The molecule has 0 aliphatic carbocycles. The number of halogens is 3. The van der Waals surface area contributed by atoms with Gasteiger partial charge in [-0.1, -0.05) is 22.0 Å². The van der Waals surface area contributed by atoms with Crippen LogP contribution in [0.2, 0.25) is 0 Å². The molecule has 0 bridgehead atoms. The number of rotatable bonds is 1. The number of hydrogen-bond donors (Lipinski definition) is 0. The molecule has 1 fully saturated rings. The standard InChI is InChI=1S/C14H18BFN2O2.C8H6BrFN2/c1-13(2)14(3,4)20-15(19-13)9-6-7-10-11(8-9)18(5)17-12(10)16;1-12-7-4-5(9)2-3-6(7)8(10)11-12/h6-8H,1-5H3;2-4H,1H3. The van der Waals surface area contributed by atoms with Crippen LogP contribution in [-0.2, 0) is 23.4 Å². The lowest BCUT2D eigenvalue weighted by Gasteiger charge is -2.32. The molecule has 0 unspecified atom stereocenters. The molecule has 2 aromatic heterocycles. The number of fused-ring (bicyclic) bond motifs is 2. The average molecular weight is 505 g/mol. The second kappa shape index (κ2) is 7.93. The fourth-order valence-electron chi connectivity index (χ4n) is 3.54. The third kappa shape index (κ3) is 3.95. The van der Waals surface area contributed by atoms with E-state index in [-0.39, 0.29) is 11.2 Å². The molecule has 0 saturated carbocycles. The zero-order valence-corrected chi connectivity index (χ0v) is 20.4. The Morgan fingerprint density at radius 2 is 1.28 bits per heavy atom. The van der Waals surface area contributed by atoms with Gasteiger partial charge in [0.2, 0.25) is 11.9 Å². The molecule has 0 radical (unpaired) electrons. The van der Waals surface area contributed by atoms with Gasteiger partial charge in [0.25, 0.3) is 0 Å². The number of aromatic nitrogens is 4. The number of nitrogens with zero attached hydrogens (tertiary/aromatic N) is 4. The molecule has 0 spiro atoms. The summed E-state index contributed by atoms with van der Waals surface area (Å²) in [4.78, 5) is 0. The molecular weight excluding hydrogens is 481 g/mol. The number of hydrogen-bond acceptors (Lipinski definition) is 4. The Morgan fingerprint density at radius 3 is 1.81 bits per heavy atom. The molecule has 0 atom stereocenters. The Bertz CT molecular complexity index is 1300. The van der Waals surface area contributed by atoms with Crippen molar-refractivity contribution in [2.75, 3.05) is 0 Å². The van der Waals surface area contributed by atoms with Gasteiger partial charge in [-0.25, -0.2) is 0 Å². The van der Waals surface area contributed by atoms with Crippen molar-refractivity contribution in [2.45, 2.75) is 38.9 Å². The highest BCUT2D eigenvalue weighted by Gasteiger charge is 2.51. The van der Waals surface area contributed by atoms with E-state index in [0.29, 0.717) is 10.8 Å². The predicted octanol–water partition coefficient (Wildman–Crippen LogP) is 4.49. The summed E-state index contributed by atoms with van der Waals surface area (Å²) in [6.45, 7) is 8.04. The molecular formula is C22H24BBrF2N4O2. The summed E-state index contributed by atoms with van der Waals surface area (Å²) in [6.07, 6.45) is 0. The zero-order chi connectivity index (χ0) is 23.4. The van der Waals surface area contributed by atoms with Crippen molar-refractivity contribution < 1.29 is 18.1 Å². The van der Waals surface area contributed by atoms with Crippen molar-refractivity contribution in [3.8, 4) is 0 Å². The maximum Gasteiger partial charge on any atom is 0.494 e. The molecule has 0 N–H and O–H groups in total. The molecule has 1 aliphatic rings. The van der Waals surface area contributed by atoms with Gasteiger partial charge >= 0.3 is 7.12 Å². The van der Waals surface area contributed by atoms with Gasteiger partial charge in [-0.3, -0.25) is 9.36 Å². The summed E-state index contributed by atoms with van der Waals surface area (Å²) in [7, 11) is 3.00. The van der Waals surface area contributed by atoms with Gasteiger partial charge in [0.15, 0.2) is 0 Å². The topological polar surface area (TPSA) is 54.1 Å². The molecule has 32 heavy (non-hydrogen) atoms. The van der Waals surface area contributed by atoms with Crippen molar-refractivity contribution in [3.05, 3.63) is 52.8 Å². The molecule has 2 aromatic carbocycles. The van der Waals surface area contributed by atoms with Gasteiger partial charge < -0.3 is 9.31 Å². The minimum atomic E-state index is -0.456. The first-order chi connectivity index (χ1) is 14.9. The van der Waals surface area contributed by atoms with Crippen LogP contribution in [0.15, 0.2) is 40.9 Å². The van der Waals surface area contributed by atoms with Crippen molar-refractivity contribution in [1.82, 2.24) is 19.6 Å². The highest BCUT2D eigenvalue weighted by Crippen LogP contribution is 2.36. The molecule has 1 saturated heterocycles. The van der Waals surface area contributed by atoms with Gasteiger partial charge in [0.1, 0.15) is 0 Å². The van der Waals surface area contributed by atoms with E-state index in [4.69, 9.17) is 9.31 Å².